The van der Waals surface area contributed by atoms with Gasteiger partial charge in [0.1, 0.15) is 0 Å². The lowest BCUT2D eigenvalue weighted by atomic mass is 10.0. The summed E-state index contributed by atoms with van der Waals surface area (Å²) in [5, 5.41) is 16.3. The van der Waals surface area contributed by atoms with E-state index in [1.165, 1.54) is 6.42 Å². The SMILES string of the molecule is CC1(C)CC1CC(O)c1cn[nH]c1. The quantitative estimate of drug-likeness (QED) is 0.746. The highest BCUT2D eigenvalue weighted by molar-refractivity contribution is 5.09. The van der Waals surface area contributed by atoms with Crippen molar-refractivity contribution in [1.29, 1.82) is 0 Å². The second-order valence-corrected chi connectivity index (χ2v) is 4.67. The molecule has 1 aromatic heterocycles. The summed E-state index contributed by atoms with van der Waals surface area (Å²) in [6, 6.07) is 0. The summed E-state index contributed by atoms with van der Waals surface area (Å²) in [6.45, 7) is 4.50. The van der Waals surface area contributed by atoms with Crippen molar-refractivity contribution in [1.82, 2.24) is 10.2 Å². The van der Waals surface area contributed by atoms with Crippen molar-refractivity contribution in [3.8, 4) is 0 Å². The fourth-order valence-electron chi connectivity index (χ4n) is 1.83. The topological polar surface area (TPSA) is 48.9 Å². The molecule has 1 aliphatic rings. The van der Waals surface area contributed by atoms with Gasteiger partial charge in [0.15, 0.2) is 0 Å². The lowest BCUT2D eigenvalue weighted by Crippen LogP contribution is -2.00. The van der Waals surface area contributed by atoms with Crippen molar-refractivity contribution in [2.45, 2.75) is 32.8 Å². The van der Waals surface area contributed by atoms with E-state index in [9.17, 15) is 5.11 Å². The van der Waals surface area contributed by atoms with Gasteiger partial charge in [-0.25, -0.2) is 0 Å². The fourth-order valence-corrected chi connectivity index (χ4v) is 1.83. The minimum atomic E-state index is -0.342. The number of aliphatic hydroxyl groups is 1. The lowest BCUT2D eigenvalue weighted by molar-refractivity contribution is 0.155. The predicted molar refractivity (Wildman–Crippen MR) is 50.1 cm³/mol. The number of hydrogen-bond acceptors (Lipinski definition) is 2. The molecule has 0 spiro atoms. The van der Waals surface area contributed by atoms with Gasteiger partial charge in [-0.1, -0.05) is 13.8 Å². The van der Waals surface area contributed by atoms with E-state index < -0.39 is 0 Å². The molecule has 2 atom stereocenters. The Morgan fingerprint density at radius 3 is 2.92 bits per heavy atom. The third-order valence-electron chi connectivity index (χ3n) is 3.13. The third-order valence-corrected chi connectivity index (χ3v) is 3.13. The van der Waals surface area contributed by atoms with E-state index >= 15 is 0 Å². The van der Waals surface area contributed by atoms with Gasteiger partial charge in [0.25, 0.3) is 0 Å². The number of aromatic amines is 1. The summed E-state index contributed by atoms with van der Waals surface area (Å²) in [5.74, 6) is 0.678. The summed E-state index contributed by atoms with van der Waals surface area (Å²) in [5.41, 5.74) is 1.35. The largest absolute Gasteiger partial charge is 0.388 e. The van der Waals surface area contributed by atoms with Gasteiger partial charge in [0.2, 0.25) is 0 Å². The van der Waals surface area contributed by atoms with Crippen LogP contribution in [0.4, 0.5) is 0 Å². The maximum atomic E-state index is 9.79. The molecule has 2 rings (SSSR count). The number of aliphatic hydroxyl groups excluding tert-OH is 1. The smallest absolute Gasteiger partial charge is 0.0823 e. The summed E-state index contributed by atoms with van der Waals surface area (Å²) in [7, 11) is 0. The van der Waals surface area contributed by atoms with Crippen LogP contribution in [0.2, 0.25) is 0 Å². The van der Waals surface area contributed by atoms with Crippen LogP contribution in [-0.2, 0) is 0 Å². The van der Waals surface area contributed by atoms with Crippen LogP contribution in [0.1, 0.15) is 38.4 Å². The molecule has 0 aliphatic heterocycles. The standard InChI is InChI=1S/C10H16N2O/c1-10(2)4-8(10)3-9(13)7-5-11-12-6-7/h5-6,8-9,13H,3-4H2,1-2H3,(H,11,12). The van der Waals surface area contributed by atoms with Crippen molar-refractivity contribution in [2.24, 2.45) is 11.3 Å². The van der Waals surface area contributed by atoms with E-state index in [-0.39, 0.29) is 6.10 Å². The molecule has 0 aromatic carbocycles. The molecule has 0 radical (unpaired) electrons. The summed E-state index contributed by atoms with van der Waals surface area (Å²) in [6.07, 6.45) is 5.22. The van der Waals surface area contributed by atoms with Gasteiger partial charge >= 0.3 is 0 Å². The van der Waals surface area contributed by atoms with Crippen LogP contribution in [0.3, 0.4) is 0 Å². The molecule has 2 unspecified atom stereocenters. The molecule has 13 heavy (non-hydrogen) atoms. The third kappa shape index (κ3) is 1.75. The Hall–Kier alpha value is -0.830. The van der Waals surface area contributed by atoms with Crippen LogP contribution in [0.25, 0.3) is 0 Å². The predicted octanol–water partition coefficient (Wildman–Crippen LogP) is 1.88. The van der Waals surface area contributed by atoms with Gasteiger partial charge < -0.3 is 5.11 Å². The van der Waals surface area contributed by atoms with Crippen LogP contribution in [-0.4, -0.2) is 15.3 Å². The van der Waals surface area contributed by atoms with Crippen LogP contribution in [0.5, 0.6) is 0 Å². The van der Waals surface area contributed by atoms with Crippen molar-refractivity contribution in [2.75, 3.05) is 0 Å². The van der Waals surface area contributed by atoms with Crippen LogP contribution >= 0.6 is 0 Å². The molecule has 0 amide bonds. The lowest BCUT2D eigenvalue weighted by Gasteiger charge is -2.08. The Morgan fingerprint density at radius 2 is 2.46 bits per heavy atom. The average molecular weight is 180 g/mol. The normalized spacial score (nSPS) is 27.2. The molecular formula is C10H16N2O. The van der Waals surface area contributed by atoms with Gasteiger partial charge in [-0.05, 0) is 24.2 Å². The van der Waals surface area contributed by atoms with Gasteiger partial charge in [0, 0.05) is 11.8 Å². The minimum absolute atomic E-state index is 0.342. The molecule has 1 aliphatic carbocycles. The summed E-state index contributed by atoms with van der Waals surface area (Å²) in [4.78, 5) is 0. The number of rotatable bonds is 3. The first-order chi connectivity index (χ1) is 6.09. The van der Waals surface area contributed by atoms with E-state index in [1.807, 2.05) is 0 Å². The first-order valence-corrected chi connectivity index (χ1v) is 4.76. The molecule has 3 heteroatoms. The first kappa shape index (κ1) is 8.75. The Labute approximate surface area is 78.2 Å². The Balaban J connectivity index is 1.90. The molecule has 1 saturated carbocycles. The zero-order valence-electron chi connectivity index (χ0n) is 8.12. The number of aromatic nitrogens is 2. The van der Waals surface area contributed by atoms with Crippen molar-refractivity contribution in [3.63, 3.8) is 0 Å². The minimum Gasteiger partial charge on any atom is -0.388 e. The van der Waals surface area contributed by atoms with E-state index in [2.05, 4.69) is 24.0 Å². The molecule has 1 heterocycles. The van der Waals surface area contributed by atoms with Gasteiger partial charge in [-0.3, -0.25) is 5.10 Å². The van der Waals surface area contributed by atoms with Crippen molar-refractivity contribution in [3.05, 3.63) is 18.0 Å². The summed E-state index contributed by atoms with van der Waals surface area (Å²) >= 11 is 0. The summed E-state index contributed by atoms with van der Waals surface area (Å²) < 4.78 is 0. The Bertz CT molecular complexity index is 279. The number of hydrogen-bond donors (Lipinski definition) is 2. The number of H-pyrrole nitrogens is 1. The van der Waals surface area contributed by atoms with E-state index in [0.29, 0.717) is 11.3 Å². The highest BCUT2D eigenvalue weighted by atomic mass is 16.3. The highest BCUT2D eigenvalue weighted by Crippen LogP contribution is 2.55. The molecule has 72 valence electrons. The van der Waals surface area contributed by atoms with Gasteiger partial charge in [-0.15, -0.1) is 0 Å². The molecule has 2 N–H and O–H groups in total. The van der Waals surface area contributed by atoms with E-state index in [0.717, 1.165) is 12.0 Å². The van der Waals surface area contributed by atoms with Crippen LogP contribution in [0.15, 0.2) is 12.4 Å². The Morgan fingerprint density at radius 1 is 1.77 bits per heavy atom. The van der Waals surface area contributed by atoms with Crippen LogP contribution in [0, 0.1) is 11.3 Å². The fraction of sp³-hybridized carbons (Fsp3) is 0.700. The number of nitrogens with zero attached hydrogens (tertiary/aromatic N) is 1. The number of nitrogens with one attached hydrogen (secondary N) is 1. The first-order valence-electron chi connectivity index (χ1n) is 4.76. The zero-order valence-corrected chi connectivity index (χ0v) is 8.12. The van der Waals surface area contributed by atoms with Crippen LogP contribution < -0.4 is 0 Å². The van der Waals surface area contributed by atoms with E-state index in [1.54, 1.807) is 12.4 Å². The van der Waals surface area contributed by atoms with Gasteiger partial charge in [-0.2, -0.15) is 5.10 Å². The second-order valence-electron chi connectivity index (χ2n) is 4.67. The Kier molecular flexibility index (Phi) is 1.91. The highest BCUT2D eigenvalue weighted by Gasteiger charge is 2.46. The van der Waals surface area contributed by atoms with Gasteiger partial charge in [0.05, 0.1) is 12.3 Å². The molecule has 1 fully saturated rings. The molecule has 1 aromatic rings. The van der Waals surface area contributed by atoms with Crippen molar-refractivity contribution >= 4 is 0 Å². The molecule has 3 nitrogen and oxygen atoms in total. The maximum absolute atomic E-state index is 9.79. The molecule has 0 saturated heterocycles. The maximum Gasteiger partial charge on any atom is 0.0823 e. The van der Waals surface area contributed by atoms with E-state index in [4.69, 9.17) is 0 Å². The average Bonchev–Trinajstić information content (AvgIpc) is 2.58. The molecular weight excluding hydrogens is 164 g/mol. The zero-order chi connectivity index (χ0) is 9.47. The monoisotopic (exact) mass is 180 g/mol. The van der Waals surface area contributed by atoms with Crippen molar-refractivity contribution < 1.29 is 5.11 Å². The molecule has 0 bridgehead atoms. The second kappa shape index (κ2) is 2.84.